The van der Waals surface area contributed by atoms with Crippen molar-refractivity contribution >= 4 is 14.8 Å². The minimum Gasteiger partial charge on any atom is -0.463 e. The van der Waals surface area contributed by atoms with Crippen molar-refractivity contribution in [1.29, 1.82) is 0 Å². The minimum atomic E-state index is -2.71. The molecule has 0 N–H and O–H groups in total. The summed E-state index contributed by atoms with van der Waals surface area (Å²) in [5.41, 5.74) is 0.583. The third-order valence-corrected chi connectivity index (χ3v) is 6.65. The fourth-order valence-electron chi connectivity index (χ4n) is 2.06. The van der Waals surface area contributed by atoms with Gasteiger partial charge >= 0.3 is 14.8 Å². The molecule has 1 unspecified atom stereocenters. The summed E-state index contributed by atoms with van der Waals surface area (Å²) < 4.78 is 22.5. The molecule has 0 aromatic carbocycles. The summed E-state index contributed by atoms with van der Waals surface area (Å²) in [5.74, 6) is -0.332. The maximum atomic E-state index is 11.6. The van der Waals surface area contributed by atoms with Crippen LogP contribution in [0.3, 0.4) is 0 Å². The van der Waals surface area contributed by atoms with Gasteiger partial charge < -0.3 is 18.0 Å². The van der Waals surface area contributed by atoms with Gasteiger partial charge in [0.05, 0.1) is 6.61 Å². The highest BCUT2D eigenvalue weighted by Gasteiger charge is 2.46. The molecular formula is C15H30O5Si. The van der Waals surface area contributed by atoms with Crippen molar-refractivity contribution in [2.75, 3.05) is 26.4 Å². The SMILES string of the molecule is C=C(CCC(C)[Si](OCC)(OCC)OCC)C(=O)OCC. The summed E-state index contributed by atoms with van der Waals surface area (Å²) in [4.78, 5) is 11.6. The summed E-state index contributed by atoms with van der Waals surface area (Å²) in [7, 11) is -2.71. The molecule has 0 amide bonds. The molecule has 0 aliphatic carbocycles. The van der Waals surface area contributed by atoms with Gasteiger partial charge in [-0.15, -0.1) is 0 Å². The first-order chi connectivity index (χ1) is 9.97. The van der Waals surface area contributed by atoms with Gasteiger partial charge in [0.1, 0.15) is 0 Å². The molecule has 0 saturated carbocycles. The smallest absolute Gasteiger partial charge is 0.463 e. The van der Waals surface area contributed by atoms with Crippen LogP contribution < -0.4 is 0 Å². The van der Waals surface area contributed by atoms with E-state index in [-0.39, 0.29) is 11.5 Å². The van der Waals surface area contributed by atoms with Gasteiger partial charge in [-0.3, -0.25) is 0 Å². The summed E-state index contributed by atoms with van der Waals surface area (Å²) in [5, 5.41) is 0. The molecule has 0 saturated heterocycles. The Morgan fingerprint density at radius 2 is 1.48 bits per heavy atom. The van der Waals surface area contributed by atoms with E-state index in [4.69, 9.17) is 18.0 Å². The lowest BCUT2D eigenvalue weighted by atomic mass is 10.1. The average molecular weight is 318 g/mol. The molecule has 124 valence electrons. The van der Waals surface area contributed by atoms with Crippen LogP contribution in [0.4, 0.5) is 0 Å². The van der Waals surface area contributed by atoms with Crippen LogP contribution in [0.25, 0.3) is 0 Å². The number of hydrogen-bond acceptors (Lipinski definition) is 5. The third-order valence-electron chi connectivity index (χ3n) is 3.08. The summed E-state index contributed by atoms with van der Waals surface area (Å²) >= 11 is 0. The molecule has 5 nitrogen and oxygen atoms in total. The Kier molecular flexibility index (Phi) is 10.6. The van der Waals surface area contributed by atoms with E-state index in [1.165, 1.54) is 0 Å². The Morgan fingerprint density at radius 1 is 1.00 bits per heavy atom. The zero-order valence-electron chi connectivity index (χ0n) is 14.1. The van der Waals surface area contributed by atoms with Crippen LogP contribution in [-0.4, -0.2) is 41.2 Å². The van der Waals surface area contributed by atoms with E-state index in [2.05, 4.69) is 6.58 Å². The quantitative estimate of drug-likeness (QED) is 0.314. The number of hydrogen-bond donors (Lipinski definition) is 0. The topological polar surface area (TPSA) is 54.0 Å². The van der Waals surface area contributed by atoms with Crippen LogP contribution in [0.5, 0.6) is 0 Å². The molecule has 6 heteroatoms. The molecular weight excluding hydrogens is 288 g/mol. The fourth-order valence-corrected chi connectivity index (χ4v) is 4.87. The largest absolute Gasteiger partial charge is 0.503 e. The summed E-state index contributed by atoms with van der Waals surface area (Å²) in [6.07, 6.45) is 1.28. The zero-order valence-corrected chi connectivity index (χ0v) is 15.1. The van der Waals surface area contributed by atoms with Crippen LogP contribution in [-0.2, 0) is 22.8 Å². The Balaban J connectivity index is 4.69. The molecule has 0 aromatic heterocycles. The number of esters is 1. The second-order valence-electron chi connectivity index (χ2n) is 4.67. The van der Waals surface area contributed by atoms with E-state index in [0.29, 0.717) is 38.4 Å². The molecule has 0 aliphatic heterocycles. The van der Waals surface area contributed by atoms with E-state index in [0.717, 1.165) is 6.42 Å². The van der Waals surface area contributed by atoms with Gasteiger partial charge in [0.2, 0.25) is 0 Å². The Bertz CT molecular complexity index is 302. The Labute approximate surface area is 130 Å². The van der Waals surface area contributed by atoms with E-state index in [9.17, 15) is 4.79 Å². The Morgan fingerprint density at radius 3 is 1.86 bits per heavy atom. The highest BCUT2D eigenvalue weighted by molar-refractivity contribution is 6.62. The number of ether oxygens (including phenoxy) is 1. The van der Waals surface area contributed by atoms with Gasteiger partial charge in [-0.1, -0.05) is 13.5 Å². The predicted molar refractivity (Wildman–Crippen MR) is 85.1 cm³/mol. The third kappa shape index (κ3) is 6.73. The highest BCUT2D eigenvalue weighted by Crippen LogP contribution is 2.31. The highest BCUT2D eigenvalue weighted by atomic mass is 28.4. The summed E-state index contributed by atoms with van der Waals surface area (Å²) in [6, 6.07) is 0. The lowest BCUT2D eigenvalue weighted by molar-refractivity contribution is -0.138. The average Bonchev–Trinajstić information content (AvgIpc) is 2.45. The molecule has 0 rings (SSSR count). The van der Waals surface area contributed by atoms with Crippen molar-refractivity contribution < 1.29 is 22.8 Å². The van der Waals surface area contributed by atoms with Crippen molar-refractivity contribution in [3.05, 3.63) is 12.2 Å². The molecule has 0 fully saturated rings. The molecule has 0 spiro atoms. The van der Waals surface area contributed by atoms with Gasteiger partial charge in [-0.25, -0.2) is 4.79 Å². The molecule has 0 bridgehead atoms. The maximum Gasteiger partial charge on any atom is 0.503 e. The zero-order chi connectivity index (χ0) is 16.3. The van der Waals surface area contributed by atoms with Crippen molar-refractivity contribution in [3.8, 4) is 0 Å². The number of carbonyl (C=O) groups excluding carboxylic acids is 1. The van der Waals surface area contributed by atoms with Crippen molar-refractivity contribution in [2.45, 2.75) is 53.0 Å². The van der Waals surface area contributed by atoms with Gasteiger partial charge in [0.15, 0.2) is 0 Å². The second kappa shape index (κ2) is 11.0. The van der Waals surface area contributed by atoms with Gasteiger partial charge in [0, 0.05) is 30.9 Å². The van der Waals surface area contributed by atoms with Crippen LogP contribution in [0.1, 0.15) is 47.5 Å². The van der Waals surface area contributed by atoms with Gasteiger partial charge in [-0.05, 0) is 40.5 Å². The fraction of sp³-hybridized carbons (Fsp3) is 0.800. The van der Waals surface area contributed by atoms with Crippen LogP contribution in [0.15, 0.2) is 12.2 Å². The van der Waals surface area contributed by atoms with Gasteiger partial charge in [-0.2, -0.15) is 0 Å². The van der Waals surface area contributed by atoms with E-state index in [1.807, 2.05) is 27.7 Å². The van der Waals surface area contributed by atoms with E-state index < -0.39 is 8.80 Å². The summed E-state index contributed by atoms with van der Waals surface area (Å²) in [6.45, 7) is 15.4. The lowest BCUT2D eigenvalue weighted by Gasteiger charge is -2.33. The Hall–Kier alpha value is -0.693. The van der Waals surface area contributed by atoms with Crippen molar-refractivity contribution in [3.63, 3.8) is 0 Å². The van der Waals surface area contributed by atoms with E-state index in [1.54, 1.807) is 6.92 Å². The molecule has 0 heterocycles. The van der Waals surface area contributed by atoms with Crippen molar-refractivity contribution in [1.82, 2.24) is 0 Å². The van der Waals surface area contributed by atoms with Gasteiger partial charge in [0.25, 0.3) is 0 Å². The normalized spacial score (nSPS) is 13.0. The van der Waals surface area contributed by atoms with Crippen LogP contribution in [0.2, 0.25) is 5.54 Å². The monoisotopic (exact) mass is 318 g/mol. The predicted octanol–water partition coefficient (Wildman–Crippen LogP) is 3.32. The number of rotatable bonds is 12. The number of carbonyl (C=O) groups is 1. The minimum absolute atomic E-state index is 0.100. The van der Waals surface area contributed by atoms with Crippen molar-refractivity contribution in [2.24, 2.45) is 0 Å². The van der Waals surface area contributed by atoms with Crippen LogP contribution >= 0.6 is 0 Å². The van der Waals surface area contributed by atoms with E-state index >= 15 is 0 Å². The molecule has 0 aromatic rings. The van der Waals surface area contributed by atoms with Crippen LogP contribution in [0, 0.1) is 0 Å². The first-order valence-corrected chi connectivity index (χ1v) is 9.54. The standard InChI is InChI=1S/C15H30O5Si/c1-7-17-15(16)13(5)11-12-14(6)21(18-8-2,19-9-3)20-10-4/h14H,5,7-12H2,1-4,6H3. The lowest BCUT2D eigenvalue weighted by Crippen LogP contribution is -2.49. The molecule has 0 radical (unpaired) electrons. The second-order valence-corrected chi connectivity index (χ2v) is 7.73. The molecule has 21 heavy (non-hydrogen) atoms. The molecule has 1 atom stereocenters. The first kappa shape index (κ1) is 20.3. The maximum absolute atomic E-state index is 11.6. The first-order valence-electron chi connectivity index (χ1n) is 7.74. The molecule has 0 aliphatic rings.